The maximum absolute atomic E-state index is 10.0. The van der Waals surface area contributed by atoms with E-state index >= 15 is 0 Å². The molecule has 2 aromatic rings. The zero-order valence-electron chi connectivity index (χ0n) is 17.6. The lowest BCUT2D eigenvalue weighted by atomic mass is 9.95. The Hall–Kier alpha value is -2.66. The first-order valence-corrected chi connectivity index (χ1v) is 10.6. The Kier molecular flexibility index (Phi) is 6.80. The number of nitrogens with one attached hydrogen (secondary N) is 1. The summed E-state index contributed by atoms with van der Waals surface area (Å²) in [5, 5.41) is 13.5. The molecule has 1 N–H and O–H groups in total. The molecule has 0 aliphatic carbocycles. The van der Waals surface area contributed by atoms with Gasteiger partial charge in [-0.1, -0.05) is 30.3 Å². The highest BCUT2D eigenvalue weighted by Gasteiger charge is 2.28. The second kappa shape index (κ2) is 9.90. The molecule has 1 aromatic carbocycles. The molecular weight excluding hydrogens is 378 g/mol. The minimum Gasteiger partial charge on any atom is -0.383 e. The standard InChI is InChI=1S/C23H29N5O2/c1-29-12-8-25-22-21-17-27(16-18-5-3-2-4-6-18)9-7-19(21)20(15-24)23(26-22)28-10-13-30-14-11-28/h2-6H,7-14,16-17H2,1H3,(H,25,26). The molecule has 158 valence electrons. The van der Waals surface area contributed by atoms with Crippen LogP contribution in [0.5, 0.6) is 0 Å². The fourth-order valence-electron chi connectivity index (χ4n) is 4.19. The molecule has 0 spiro atoms. The van der Waals surface area contributed by atoms with E-state index in [9.17, 15) is 5.26 Å². The minimum absolute atomic E-state index is 0.608. The summed E-state index contributed by atoms with van der Waals surface area (Å²) in [7, 11) is 1.70. The molecule has 7 heteroatoms. The van der Waals surface area contributed by atoms with Gasteiger partial charge in [0.25, 0.3) is 0 Å². The Bertz CT molecular complexity index is 891. The maximum atomic E-state index is 10.0. The van der Waals surface area contributed by atoms with Crippen molar-refractivity contribution in [3.8, 4) is 6.07 Å². The number of pyridine rings is 1. The summed E-state index contributed by atoms with van der Waals surface area (Å²) in [5.74, 6) is 1.66. The number of hydrogen-bond acceptors (Lipinski definition) is 7. The monoisotopic (exact) mass is 407 g/mol. The van der Waals surface area contributed by atoms with Gasteiger partial charge in [0, 0.05) is 51.9 Å². The number of benzene rings is 1. The smallest absolute Gasteiger partial charge is 0.149 e. The third-order valence-electron chi connectivity index (χ3n) is 5.72. The number of methoxy groups -OCH3 is 1. The molecule has 30 heavy (non-hydrogen) atoms. The van der Waals surface area contributed by atoms with E-state index < -0.39 is 0 Å². The summed E-state index contributed by atoms with van der Waals surface area (Å²) >= 11 is 0. The number of morpholine rings is 1. The molecule has 0 amide bonds. The Labute approximate surface area is 178 Å². The van der Waals surface area contributed by atoms with Gasteiger partial charge in [-0.15, -0.1) is 0 Å². The van der Waals surface area contributed by atoms with E-state index in [1.165, 1.54) is 5.56 Å². The molecule has 7 nitrogen and oxygen atoms in total. The molecular formula is C23H29N5O2. The lowest BCUT2D eigenvalue weighted by Gasteiger charge is -2.34. The summed E-state index contributed by atoms with van der Waals surface area (Å²) in [6, 6.07) is 13.0. The number of nitriles is 1. The van der Waals surface area contributed by atoms with Crippen LogP contribution in [0.4, 0.5) is 11.6 Å². The Morgan fingerprint density at radius 1 is 1.17 bits per heavy atom. The third-order valence-corrected chi connectivity index (χ3v) is 5.72. The van der Waals surface area contributed by atoms with E-state index in [-0.39, 0.29) is 0 Å². The zero-order valence-corrected chi connectivity index (χ0v) is 17.6. The van der Waals surface area contributed by atoms with Gasteiger partial charge < -0.3 is 19.7 Å². The van der Waals surface area contributed by atoms with Crippen LogP contribution in [-0.4, -0.2) is 63.0 Å². The quantitative estimate of drug-likeness (QED) is 0.707. The van der Waals surface area contributed by atoms with Crippen LogP contribution in [-0.2, 0) is 29.0 Å². The lowest BCUT2D eigenvalue weighted by molar-refractivity contribution is 0.122. The predicted molar refractivity (Wildman–Crippen MR) is 117 cm³/mol. The van der Waals surface area contributed by atoms with E-state index in [0.717, 1.165) is 67.5 Å². The van der Waals surface area contributed by atoms with Crippen molar-refractivity contribution < 1.29 is 9.47 Å². The van der Waals surface area contributed by atoms with E-state index in [1.54, 1.807) is 7.11 Å². The van der Waals surface area contributed by atoms with Crippen LogP contribution in [0.15, 0.2) is 30.3 Å². The summed E-state index contributed by atoms with van der Waals surface area (Å²) in [6.45, 7) is 6.76. The molecule has 0 atom stereocenters. The topological polar surface area (TPSA) is 73.6 Å². The molecule has 1 aromatic heterocycles. The van der Waals surface area contributed by atoms with E-state index in [2.05, 4.69) is 45.5 Å². The van der Waals surface area contributed by atoms with Crippen molar-refractivity contribution in [1.82, 2.24) is 9.88 Å². The van der Waals surface area contributed by atoms with Crippen molar-refractivity contribution >= 4 is 11.6 Å². The molecule has 0 saturated carbocycles. The van der Waals surface area contributed by atoms with Crippen molar-refractivity contribution in [2.45, 2.75) is 19.5 Å². The Morgan fingerprint density at radius 3 is 2.70 bits per heavy atom. The Balaban J connectivity index is 1.66. The van der Waals surface area contributed by atoms with Crippen molar-refractivity contribution in [3.05, 3.63) is 52.6 Å². The molecule has 1 saturated heterocycles. The summed E-state index contributed by atoms with van der Waals surface area (Å²) in [5.41, 5.74) is 4.30. The van der Waals surface area contributed by atoms with E-state index in [0.29, 0.717) is 26.4 Å². The molecule has 0 bridgehead atoms. The average molecular weight is 408 g/mol. The van der Waals surface area contributed by atoms with Crippen molar-refractivity contribution in [1.29, 1.82) is 5.26 Å². The lowest BCUT2D eigenvalue weighted by Crippen LogP contribution is -2.38. The first kappa shape index (κ1) is 20.6. The molecule has 1 fully saturated rings. The van der Waals surface area contributed by atoms with Crippen molar-refractivity contribution in [2.75, 3.05) is 63.3 Å². The van der Waals surface area contributed by atoms with Gasteiger partial charge in [0.2, 0.25) is 0 Å². The molecule has 2 aliphatic heterocycles. The Morgan fingerprint density at radius 2 is 1.97 bits per heavy atom. The first-order chi connectivity index (χ1) is 14.8. The number of rotatable bonds is 7. The third kappa shape index (κ3) is 4.57. The fourth-order valence-corrected chi connectivity index (χ4v) is 4.19. The number of anilines is 2. The molecule has 0 radical (unpaired) electrons. The zero-order chi connectivity index (χ0) is 20.8. The van der Waals surface area contributed by atoms with Gasteiger partial charge in [-0.25, -0.2) is 4.98 Å². The summed E-state index contributed by atoms with van der Waals surface area (Å²) in [6.07, 6.45) is 0.851. The van der Waals surface area contributed by atoms with Gasteiger partial charge in [0.05, 0.1) is 25.4 Å². The van der Waals surface area contributed by atoms with Crippen LogP contribution in [0.25, 0.3) is 0 Å². The highest BCUT2D eigenvalue weighted by atomic mass is 16.5. The molecule has 0 unspecified atom stereocenters. The minimum atomic E-state index is 0.608. The van der Waals surface area contributed by atoms with Crippen molar-refractivity contribution in [3.63, 3.8) is 0 Å². The second-order valence-corrected chi connectivity index (χ2v) is 7.69. The fraction of sp³-hybridized carbons (Fsp3) is 0.478. The maximum Gasteiger partial charge on any atom is 0.149 e. The van der Waals surface area contributed by atoms with Crippen LogP contribution in [0.2, 0.25) is 0 Å². The van der Waals surface area contributed by atoms with Gasteiger partial charge in [0.1, 0.15) is 17.7 Å². The van der Waals surface area contributed by atoms with E-state index in [1.807, 2.05) is 6.07 Å². The van der Waals surface area contributed by atoms with Gasteiger partial charge in [0.15, 0.2) is 0 Å². The summed E-state index contributed by atoms with van der Waals surface area (Å²) in [4.78, 5) is 9.56. The van der Waals surface area contributed by atoms with Crippen LogP contribution < -0.4 is 10.2 Å². The summed E-state index contributed by atoms with van der Waals surface area (Å²) < 4.78 is 10.7. The van der Waals surface area contributed by atoms with Crippen LogP contribution in [0.3, 0.4) is 0 Å². The van der Waals surface area contributed by atoms with Crippen molar-refractivity contribution in [2.24, 2.45) is 0 Å². The highest BCUT2D eigenvalue weighted by Crippen LogP contribution is 2.34. The van der Waals surface area contributed by atoms with Gasteiger partial charge in [-0.05, 0) is 17.5 Å². The second-order valence-electron chi connectivity index (χ2n) is 7.69. The molecule has 3 heterocycles. The number of fused-ring (bicyclic) bond motifs is 1. The molecule has 4 rings (SSSR count). The number of aromatic nitrogens is 1. The van der Waals surface area contributed by atoms with Crippen LogP contribution >= 0.6 is 0 Å². The normalized spacial score (nSPS) is 16.7. The van der Waals surface area contributed by atoms with Crippen LogP contribution in [0.1, 0.15) is 22.3 Å². The average Bonchev–Trinajstić information content (AvgIpc) is 2.80. The van der Waals surface area contributed by atoms with Gasteiger partial charge in [-0.3, -0.25) is 4.90 Å². The van der Waals surface area contributed by atoms with E-state index in [4.69, 9.17) is 14.5 Å². The van der Waals surface area contributed by atoms with Crippen LogP contribution in [0, 0.1) is 11.3 Å². The predicted octanol–water partition coefficient (Wildman–Crippen LogP) is 2.41. The first-order valence-electron chi connectivity index (χ1n) is 10.6. The number of ether oxygens (including phenoxy) is 2. The molecule has 2 aliphatic rings. The largest absolute Gasteiger partial charge is 0.383 e. The number of nitrogens with zero attached hydrogens (tertiary/aromatic N) is 4. The van der Waals surface area contributed by atoms with Gasteiger partial charge >= 0.3 is 0 Å². The number of hydrogen-bond donors (Lipinski definition) is 1. The highest BCUT2D eigenvalue weighted by molar-refractivity contribution is 5.67. The van der Waals surface area contributed by atoms with Gasteiger partial charge in [-0.2, -0.15) is 5.26 Å². The SMILES string of the molecule is COCCNc1nc(N2CCOCC2)c(C#N)c2c1CN(Cc1ccccc1)CC2.